The van der Waals surface area contributed by atoms with Crippen LogP contribution in [0.5, 0.6) is 0 Å². The fourth-order valence-corrected chi connectivity index (χ4v) is 3.11. The number of nitrogens with zero attached hydrogens (tertiary/aromatic N) is 2. The molecule has 0 saturated heterocycles. The Morgan fingerprint density at radius 2 is 1.81 bits per heavy atom. The Balaban J connectivity index is 1.78. The van der Waals surface area contributed by atoms with E-state index in [1.54, 1.807) is 11.3 Å². The SMILES string of the molecule is Cn1/c(=N\NC(=S)Nc2ccccc2)sc2ccccc21. The van der Waals surface area contributed by atoms with Crippen molar-refractivity contribution in [3.8, 4) is 0 Å². The van der Waals surface area contributed by atoms with Crippen LogP contribution in [-0.2, 0) is 7.05 Å². The van der Waals surface area contributed by atoms with E-state index in [1.807, 2.05) is 54.1 Å². The van der Waals surface area contributed by atoms with Gasteiger partial charge in [0.2, 0.25) is 4.80 Å². The third-order valence-corrected chi connectivity index (χ3v) is 4.31. The molecule has 1 heterocycles. The maximum atomic E-state index is 5.24. The molecule has 0 aliphatic rings. The summed E-state index contributed by atoms with van der Waals surface area (Å²) in [7, 11) is 1.99. The zero-order valence-corrected chi connectivity index (χ0v) is 13.0. The topological polar surface area (TPSA) is 41.4 Å². The van der Waals surface area contributed by atoms with Crippen LogP contribution in [-0.4, -0.2) is 9.68 Å². The van der Waals surface area contributed by atoms with Crippen LogP contribution in [0.25, 0.3) is 10.2 Å². The van der Waals surface area contributed by atoms with Gasteiger partial charge in [0.1, 0.15) is 0 Å². The lowest BCUT2D eigenvalue weighted by atomic mass is 10.3. The van der Waals surface area contributed by atoms with E-state index in [2.05, 4.69) is 28.0 Å². The van der Waals surface area contributed by atoms with Gasteiger partial charge in [-0.1, -0.05) is 41.7 Å². The van der Waals surface area contributed by atoms with Crippen LogP contribution in [0.15, 0.2) is 59.7 Å². The second kappa shape index (κ2) is 6.07. The van der Waals surface area contributed by atoms with E-state index in [4.69, 9.17) is 12.2 Å². The van der Waals surface area contributed by atoms with Gasteiger partial charge in [0.15, 0.2) is 5.11 Å². The summed E-state index contributed by atoms with van der Waals surface area (Å²) in [6, 6.07) is 18.0. The Bertz CT molecular complexity index is 834. The summed E-state index contributed by atoms with van der Waals surface area (Å²) in [5.74, 6) is 0. The van der Waals surface area contributed by atoms with Crippen molar-refractivity contribution in [1.82, 2.24) is 9.99 Å². The van der Waals surface area contributed by atoms with E-state index in [9.17, 15) is 0 Å². The molecule has 0 aliphatic heterocycles. The van der Waals surface area contributed by atoms with Crippen LogP contribution in [0, 0.1) is 0 Å². The lowest BCUT2D eigenvalue weighted by Gasteiger charge is -2.05. The number of hydrogen-bond donors (Lipinski definition) is 2. The molecule has 3 aromatic rings. The average molecular weight is 314 g/mol. The first kappa shape index (κ1) is 13.8. The molecule has 4 nitrogen and oxygen atoms in total. The van der Waals surface area contributed by atoms with Gasteiger partial charge in [-0.25, -0.2) is 0 Å². The Morgan fingerprint density at radius 3 is 2.57 bits per heavy atom. The summed E-state index contributed by atoms with van der Waals surface area (Å²) in [6.45, 7) is 0. The van der Waals surface area contributed by atoms with Crippen molar-refractivity contribution in [3.63, 3.8) is 0 Å². The molecule has 0 unspecified atom stereocenters. The summed E-state index contributed by atoms with van der Waals surface area (Å²) in [5.41, 5.74) is 4.98. The molecule has 21 heavy (non-hydrogen) atoms. The minimum atomic E-state index is 0.471. The molecule has 3 rings (SSSR count). The van der Waals surface area contributed by atoms with E-state index >= 15 is 0 Å². The number of benzene rings is 2. The number of hydrogen-bond acceptors (Lipinski definition) is 3. The number of thiocarbonyl (C=S) groups is 1. The number of fused-ring (bicyclic) bond motifs is 1. The molecular weight excluding hydrogens is 300 g/mol. The number of rotatable bonds is 2. The smallest absolute Gasteiger partial charge is 0.209 e. The van der Waals surface area contributed by atoms with E-state index in [-0.39, 0.29) is 0 Å². The number of para-hydroxylation sites is 2. The van der Waals surface area contributed by atoms with Gasteiger partial charge >= 0.3 is 0 Å². The van der Waals surface area contributed by atoms with Crippen LogP contribution in [0.1, 0.15) is 0 Å². The van der Waals surface area contributed by atoms with Crippen molar-refractivity contribution in [1.29, 1.82) is 0 Å². The zero-order chi connectivity index (χ0) is 14.7. The number of aryl methyl sites for hydroxylation is 1. The van der Waals surface area contributed by atoms with Crippen molar-refractivity contribution >= 4 is 44.6 Å². The third kappa shape index (κ3) is 3.12. The van der Waals surface area contributed by atoms with Crippen molar-refractivity contribution in [3.05, 3.63) is 59.4 Å². The van der Waals surface area contributed by atoms with Gasteiger partial charge < -0.3 is 9.88 Å². The number of aromatic nitrogens is 1. The molecule has 0 spiro atoms. The van der Waals surface area contributed by atoms with Gasteiger partial charge in [-0.15, -0.1) is 5.10 Å². The lowest BCUT2D eigenvalue weighted by Crippen LogP contribution is -2.27. The van der Waals surface area contributed by atoms with Crippen molar-refractivity contribution in [2.75, 3.05) is 5.32 Å². The molecule has 0 fully saturated rings. The zero-order valence-electron chi connectivity index (χ0n) is 11.4. The maximum absolute atomic E-state index is 5.24. The van der Waals surface area contributed by atoms with Crippen molar-refractivity contribution in [2.24, 2.45) is 12.1 Å². The highest BCUT2D eigenvalue weighted by Gasteiger charge is 2.01. The molecule has 0 radical (unpaired) electrons. The Labute approximate surface area is 131 Å². The van der Waals surface area contributed by atoms with Crippen LogP contribution in [0.4, 0.5) is 5.69 Å². The number of nitrogens with one attached hydrogen (secondary N) is 2. The highest BCUT2D eigenvalue weighted by molar-refractivity contribution is 7.80. The monoisotopic (exact) mass is 314 g/mol. The first-order valence-corrected chi connectivity index (χ1v) is 7.67. The van der Waals surface area contributed by atoms with Crippen LogP contribution in [0.2, 0.25) is 0 Å². The summed E-state index contributed by atoms with van der Waals surface area (Å²) in [4.78, 5) is 0.869. The molecular formula is C15H14N4S2. The van der Waals surface area contributed by atoms with Crippen LogP contribution < -0.4 is 15.5 Å². The average Bonchev–Trinajstić information content (AvgIpc) is 2.83. The maximum Gasteiger partial charge on any atom is 0.209 e. The van der Waals surface area contributed by atoms with Gasteiger partial charge in [0.05, 0.1) is 10.2 Å². The minimum absolute atomic E-state index is 0.471. The highest BCUT2D eigenvalue weighted by Crippen LogP contribution is 2.14. The second-order valence-corrected chi connectivity index (χ2v) is 5.87. The largest absolute Gasteiger partial charge is 0.331 e. The van der Waals surface area contributed by atoms with E-state index in [0.29, 0.717) is 5.11 Å². The van der Waals surface area contributed by atoms with Crippen molar-refractivity contribution in [2.45, 2.75) is 0 Å². The van der Waals surface area contributed by atoms with Crippen LogP contribution in [0.3, 0.4) is 0 Å². The molecule has 6 heteroatoms. The number of anilines is 1. The summed E-state index contributed by atoms with van der Waals surface area (Å²) >= 11 is 6.86. The molecule has 0 bridgehead atoms. The molecule has 2 N–H and O–H groups in total. The van der Waals surface area contributed by atoms with E-state index in [0.717, 1.165) is 16.0 Å². The van der Waals surface area contributed by atoms with E-state index < -0.39 is 0 Å². The van der Waals surface area contributed by atoms with Gasteiger partial charge in [0.25, 0.3) is 0 Å². The first-order valence-electron chi connectivity index (χ1n) is 6.44. The molecule has 0 aliphatic carbocycles. The normalized spacial score (nSPS) is 11.6. The highest BCUT2D eigenvalue weighted by atomic mass is 32.1. The van der Waals surface area contributed by atoms with E-state index in [1.165, 1.54) is 4.70 Å². The van der Waals surface area contributed by atoms with Gasteiger partial charge in [-0.3, -0.25) is 5.43 Å². The fraction of sp³-hybridized carbons (Fsp3) is 0.0667. The molecule has 106 valence electrons. The molecule has 0 saturated carbocycles. The summed E-state index contributed by atoms with van der Waals surface area (Å²) in [5, 5.41) is 7.93. The van der Waals surface area contributed by atoms with Gasteiger partial charge in [-0.2, -0.15) is 0 Å². The third-order valence-electron chi connectivity index (χ3n) is 3.00. The Kier molecular flexibility index (Phi) is 3.98. The summed E-state index contributed by atoms with van der Waals surface area (Å²) < 4.78 is 3.24. The Hall–Kier alpha value is -2.18. The predicted octanol–water partition coefficient (Wildman–Crippen LogP) is 3.04. The standard InChI is InChI=1S/C15H14N4S2/c1-19-12-9-5-6-10-13(12)21-15(19)18-17-14(20)16-11-7-3-2-4-8-11/h2-10H,1H3,(H2,16,17,20)/b18-15+. The minimum Gasteiger partial charge on any atom is -0.331 e. The van der Waals surface area contributed by atoms with Gasteiger partial charge in [0, 0.05) is 12.7 Å². The molecule has 0 atom stereocenters. The van der Waals surface area contributed by atoms with Crippen molar-refractivity contribution < 1.29 is 0 Å². The molecule has 2 aromatic carbocycles. The molecule has 0 amide bonds. The molecule has 1 aromatic heterocycles. The van der Waals surface area contributed by atoms with Gasteiger partial charge in [-0.05, 0) is 36.5 Å². The predicted molar refractivity (Wildman–Crippen MR) is 92.2 cm³/mol. The summed E-state index contributed by atoms with van der Waals surface area (Å²) in [6.07, 6.45) is 0. The van der Waals surface area contributed by atoms with Crippen LogP contribution >= 0.6 is 23.6 Å². The second-order valence-electron chi connectivity index (χ2n) is 4.46. The Morgan fingerprint density at radius 1 is 1.10 bits per heavy atom. The first-order chi connectivity index (χ1) is 10.2. The lowest BCUT2D eigenvalue weighted by molar-refractivity contribution is 0.853. The quantitative estimate of drug-likeness (QED) is 0.564. The fourth-order valence-electron chi connectivity index (χ4n) is 1.97. The number of thiazole rings is 1.